The Morgan fingerprint density at radius 2 is 1.52 bits per heavy atom. The summed E-state index contributed by atoms with van der Waals surface area (Å²) >= 11 is 0. The number of nitrogens with zero attached hydrogens (tertiary/aromatic N) is 4. The van der Waals surface area contributed by atoms with Crippen LogP contribution >= 0.6 is 0 Å². The molecule has 3 aromatic rings. The second kappa shape index (κ2) is 8.41. The highest BCUT2D eigenvalue weighted by atomic mass is 19.1. The lowest BCUT2D eigenvalue weighted by Gasteiger charge is -2.21. The van der Waals surface area contributed by atoms with Gasteiger partial charge >= 0.3 is 0 Å². The van der Waals surface area contributed by atoms with Crippen molar-refractivity contribution < 1.29 is 8.81 Å². The molecule has 0 N–H and O–H groups in total. The fourth-order valence-corrected chi connectivity index (χ4v) is 3.39. The van der Waals surface area contributed by atoms with E-state index in [4.69, 9.17) is 4.42 Å². The zero-order valence-corrected chi connectivity index (χ0v) is 15.2. The van der Waals surface area contributed by atoms with Crippen molar-refractivity contribution >= 4 is 0 Å². The Labute approximate surface area is 158 Å². The van der Waals surface area contributed by atoms with Crippen LogP contribution < -0.4 is 0 Å². The van der Waals surface area contributed by atoms with Crippen LogP contribution in [-0.2, 0) is 13.1 Å². The van der Waals surface area contributed by atoms with Gasteiger partial charge in [0.1, 0.15) is 5.82 Å². The minimum atomic E-state index is -0.185. The zero-order valence-electron chi connectivity index (χ0n) is 15.2. The van der Waals surface area contributed by atoms with Crippen molar-refractivity contribution in [2.45, 2.75) is 19.5 Å². The molecule has 0 unspecified atom stereocenters. The van der Waals surface area contributed by atoms with Crippen LogP contribution in [0.5, 0.6) is 0 Å². The van der Waals surface area contributed by atoms with Crippen LogP contribution in [-0.4, -0.2) is 46.2 Å². The smallest absolute Gasteiger partial charge is 0.247 e. The molecule has 4 rings (SSSR count). The summed E-state index contributed by atoms with van der Waals surface area (Å²) < 4.78 is 18.9. The van der Waals surface area contributed by atoms with Gasteiger partial charge in [0.2, 0.25) is 11.8 Å². The van der Waals surface area contributed by atoms with E-state index in [2.05, 4.69) is 20.0 Å². The Kier molecular flexibility index (Phi) is 5.55. The van der Waals surface area contributed by atoms with Gasteiger partial charge in [-0.05, 0) is 49.3 Å². The predicted octanol–water partition coefficient (Wildman–Crippen LogP) is 3.58. The average Bonchev–Trinajstić information content (AvgIpc) is 3.05. The van der Waals surface area contributed by atoms with Gasteiger partial charge in [-0.15, -0.1) is 10.2 Å². The molecule has 2 heterocycles. The van der Waals surface area contributed by atoms with E-state index in [1.807, 2.05) is 42.5 Å². The van der Waals surface area contributed by atoms with Gasteiger partial charge in [0, 0.05) is 25.2 Å². The van der Waals surface area contributed by atoms with Crippen molar-refractivity contribution in [2.75, 3.05) is 26.2 Å². The molecule has 1 aromatic heterocycles. The minimum Gasteiger partial charge on any atom is -0.419 e. The van der Waals surface area contributed by atoms with E-state index < -0.39 is 0 Å². The number of hydrogen-bond acceptors (Lipinski definition) is 5. The second-order valence-electron chi connectivity index (χ2n) is 6.90. The summed E-state index contributed by atoms with van der Waals surface area (Å²) in [7, 11) is 0. The van der Waals surface area contributed by atoms with Gasteiger partial charge in [0.15, 0.2) is 0 Å². The van der Waals surface area contributed by atoms with Crippen LogP contribution in [0, 0.1) is 5.82 Å². The van der Waals surface area contributed by atoms with E-state index in [9.17, 15) is 4.39 Å². The van der Waals surface area contributed by atoms with Gasteiger partial charge in [-0.1, -0.05) is 30.3 Å². The second-order valence-corrected chi connectivity index (χ2v) is 6.90. The van der Waals surface area contributed by atoms with Crippen LogP contribution in [0.15, 0.2) is 59.0 Å². The number of rotatable bonds is 5. The van der Waals surface area contributed by atoms with Gasteiger partial charge in [0.25, 0.3) is 0 Å². The molecule has 0 spiro atoms. The van der Waals surface area contributed by atoms with Crippen LogP contribution in [0.3, 0.4) is 0 Å². The Balaban J connectivity index is 1.32. The molecular weight excluding hydrogens is 343 g/mol. The van der Waals surface area contributed by atoms with E-state index in [-0.39, 0.29) is 5.82 Å². The first-order chi connectivity index (χ1) is 13.3. The van der Waals surface area contributed by atoms with Gasteiger partial charge in [-0.25, -0.2) is 4.39 Å². The lowest BCUT2D eigenvalue weighted by molar-refractivity contribution is 0.232. The first kappa shape index (κ1) is 17.8. The molecule has 27 heavy (non-hydrogen) atoms. The van der Waals surface area contributed by atoms with E-state index in [1.165, 1.54) is 12.1 Å². The Morgan fingerprint density at radius 1 is 0.815 bits per heavy atom. The third-order valence-electron chi connectivity index (χ3n) is 4.85. The minimum absolute atomic E-state index is 0.185. The molecule has 6 heteroatoms. The van der Waals surface area contributed by atoms with Crippen molar-refractivity contribution in [1.82, 2.24) is 20.0 Å². The topological polar surface area (TPSA) is 45.4 Å². The molecule has 1 aliphatic heterocycles. The molecule has 0 aliphatic carbocycles. The summed E-state index contributed by atoms with van der Waals surface area (Å²) in [6, 6.07) is 16.6. The van der Waals surface area contributed by atoms with Crippen molar-refractivity contribution in [3.05, 3.63) is 71.9 Å². The number of aromatic nitrogens is 2. The monoisotopic (exact) mass is 366 g/mol. The van der Waals surface area contributed by atoms with Gasteiger partial charge in [0.05, 0.1) is 6.54 Å². The number of halogens is 1. The molecule has 0 amide bonds. The average molecular weight is 366 g/mol. The van der Waals surface area contributed by atoms with Gasteiger partial charge in [-0.3, -0.25) is 9.80 Å². The van der Waals surface area contributed by atoms with E-state index in [0.29, 0.717) is 18.3 Å². The molecule has 140 valence electrons. The van der Waals surface area contributed by atoms with Crippen molar-refractivity contribution in [3.63, 3.8) is 0 Å². The number of benzene rings is 2. The summed E-state index contributed by atoms with van der Waals surface area (Å²) in [5.74, 6) is 1.04. The first-order valence-electron chi connectivity index (χ1n) is 9.33. The summed E-state index contributed by atoms with van der Waals surface area (Å²) in [5.41, 5.74) is 2.09. The maximum absolute atomic E-state index is 13.1. The first-order valence-corrected chi connectivity index (χ1v) is 9.33. The molecule has 1 aliphatic rings. The highest BCUT2D eigenvalue weighted by molar-refractivity contribution is 5.51. The molecule has 0 radical (unpaired) electrons. The Bertz CT molecular complexity index is 850. The van der Waals surface area contributed by atoms with Crippen LogP contribution in [0.1, 0.15) is 17.9 Å². The summed E-state index contributed by atoms with van der Waals surface area (Å²) in [6.07, 6.45) is 1.08. The largest absolute Gasteiger partial charge is 0.419 e. The Morgan fingerprint density at radius 3 is 2.26 bits per heavy atom. The fourth-order valence-electron chi connectivity index (χ4n) is 3.39. The van der Waals surface area contributed by atoms with Gasteiger partial charge in [-0.2, -0.15) is 0 Å². The molecule has 1 saturated heterocycles. The van der Waals surface area contributed by atoms with Crippen molar-refractivity contribution in [1.29, 1.82) is 0 Å². The lowest BCUT2D eigenvalue weighted by atomic mass is 10.2. The summed E-state index contributed by atoms with van der Waals surface area (Å²) in [6.45, 7) is 5.48. The summed E-state index contributed by atoms with van der Waals surface area (Å²) in [4.78, 5) is 4.77. The lowest BCUT2D eigenvalue weighted by Crippen LogP contribution is -2.30. The SMILES string of the molecule is Fc1ccc(CN2CCCN(Cc3nnc(-c4ccccc4)o3)CC2)cc1. The maximum Gasteiger partial charge on any atom is 0.247 e. The third kappa shape index (κ3) is 4.78. The molecule has 0 atom stereocenters. The third-order valence-corrected chi connectivity index (χ3v) is 4.85. The zero-order chi connectivity index (χ0) is 18.5. The Hall–Kier alpha value is -2.57. The van der Waals surface area contributed by atoms with E-state index >= 15 is 0 Å². The standard InChI is InChI=1S/C21H23FN4O/c22-19-9-7-17(8-10-19)15-25-11-4-12-26(14-13-25)16-20-23-24-21(27-20)18-5-2-1-3-6-18/h1-3,5-10H,4,11-16H2. The van der Waals surface area contributed by atoms with Crippen molar-refractivity contribution in [2.24, 2.45) is 0 Å². The summed E-state index contributed by atoms with van der Waals surface area (Å²) in [5, 5.41) is 8.37. The van der Waals surface area contributed by atoms with E-state index in [0.717, 1.165) is 50.3 Å². The van der Waals surface area contributed by atoms with Crippen LogP contribution in [0.4, 0.5) is 4.39 Å². The van der Waals surface area contributed by atoms with Crippen LogP contribution in [0.25, 0.3) is 11.5 Å². The fraction of sp³-hybridized carbons (Fsp3) is 0.333. The highest BCUT2D eigenvalue weighted by Gasteiger charge is 2.18. The maximum atomic E-state index is 13.1. The highest BCUT2D eigenvalue weighted by Crippen LogP contribution is 2.18. The molecule has 0 bridgehead atoms. The molecular formula is C21H23FN4O. The molecule has 0 saturated carbocycles. The molecule has 2 aromatic carbocycles. The predicted molar refractivity (Wildman–Crippen MR) is 101 cm³/mol. The van der Waals surface area contributed by atoms with Crippen molar-refractivity contribution in [3.8, 4) is 11.5 Å². The normalized spacial score (nSPS) is 16.3. The van der Waals surface area contributed by atoms with E-state index in [1.54, 1.807) is 0 Å². The molecule has 1 fully saturated rings. The number of hydrogen-bond donors (Lipinski definition) is 0. The quantitative estimate of drug-likeness (QED) is 0.691. The van der Waals surface area contributed by atoms with Gasteiger partial charge < -0.3 is 4.42 Å². The molecule has 5 nitrogen and oxygen atoms in total. The van der Waals surface area contributed by atoms with Crippen LogP contribution in [0.2, 0.25) is 0 Å².